The Bertz CT molecular complexity index is 1730. The summed E-state index contributed by atoms with van der Waals surface area (Å²) in [6.07, 6.45) is 0.322. The van der Waals surface area contributed by atoms with Gasteiger partial charge in [-0.3, -0.25) is 9.59 Å². The Morgan fingerprint density at radius 1 is 0.974 bits per heavy atom. The number of benzene rings is 3. The Morgan fingerprint density at radius 2 is 1.68 bits per heavy atom. The number of aryl methyl sites for hydroxylation is 2. The van der Waals surface area contributed by atoms with Crippen LogP contribution in [0, 0.1) is 13.8 Å². The second-order valence-corrected chi connectivity index (χ2v) is 12.4. The van der Waals surface area contributed by atoms with E-state index in [0.29, 0.717) is 35.3 Å². The van der Waals surface area contributed by atoms with Crippen LogP contribution in [0.25, 0.3) is 11.0 Å². The van der Waals surface area contributed by atoms with Gasteiger partial charge in [-0.2, -0.15) is 0 Å². The number of ether oxygens (including phenoxy) is 1. The first-order valence-electron chi connectivity index (χ1n) is 12.6. The topological polar surface area (TPSA) is 93.9 Å². The fourth-order valence-electron chi connectivity index (χ4n) is 5.43. The quantitative estimate of drug-likeness (QED) is 0.371. The molecule has 8 heteroatoms. The highest BCUT2D eigenvalue weighted by Gasteiger charge is 2.48. The first-order chi connectivity index (χ1) is 18.2. The number of hydrogen-bond acceptors (Lipinski definition) is 6. The molecule has 0 saturated carbocycles. The van der Waals surface area contributed by atoms with Gasteiger partial charge in [0, 0.05) is 6.04 Å². The molecule has 0 aliphatic carbocycles. The number of fused-ring (bicyclic) bond motifs is 2. The molecule has 3 aromatic carbocycles. The van der Waals surface area contributed by atoms with Gasteiger partial charge in [-0.1, -0.05) is 42.5 Å². The Kier molecular flexibility index (Phi) is 5.87. The van der Waals surface area contributed by atoms with E-state index in [1.165, 1.54) is 0 Å². The maximum absolute atomic E-state index is 13.8. The zero-order valence-electron chi connectivity index (χ0n) is 21.1. The second kappa shape index (κ2) is 9.13. The lowest BCUT2D eigenvalue weighted by Crippen LogP contribution is -2.40. The van der Waals surface area contributed by atoms with Crippen molar-refractivity contribution in [3.8, 4) is 5.75 Å². The molecule has 2 aliphatic rings. The molecule has 38 heavy (non-hydrogen) atoms. The molecule has 1 fully saturated rings. The molecule has 2 aliphatic heterocycles. The maximum Gasteiger partial charge on any atom is 0.291 e. The zero-order valence-corrected chi connectivity index (χ0v) is 22.0. The molecule has 2 unspecified atom stereocenters. The molecule has 3 heterocycles. The monoisotopic (exact) mass is 529 g/mol. The van der Waals surface area contributed by atoms with Crippen molar-refractivity contribution in [2.45, 2.75) is 39.0 Å². The third kappa shape index (κ3) is 4.19. The average molecular weight is 530 g/mol. The Morgan fingerprint density at radius 3 is 2.37 bits per heavy atom. The van der Waals surface area contributed by atoms with Crippen molar-refractivity contribution in [3.63, 3.8) is 0 Å². The Labute approximate surface area is 220 Å². The van der Waals surface area contributed by atoms with Crippen LogP contribution in [0.1, 0.15) is 50.8 Å². The summed E-state index contributed by atoms with van der Waals surface area (Å²) >= 11 is 0. The van der Waals surface area contributed by atoms with Gasteiger partial charge in [0.05, 0.1) is 28.5 Å². The van der Waals surface area contributed by atoms with Crippen LogP contribution in [0.4, 0.5) is 0 Å². The van der Waals surface area contributed by atoms with Crippen LogP contribution in [0.3, 0.4) is 0 Å². The van der Waals surface area contributed by atoms with Crippen molar-refractivity contribution in [2.75, 3.05) is 11.5 Å². The third-order valence-corrected chi connectivity index (χ3v) is 9.32. The van der Waals surface area contributed by atoms with E-state index in [0.717, 1.165) is 16.7 Å². The number of nitrogens with zero attached hydrogens (tertiary/aromatic N) is 1. The maximum atomic E-state index is 13.8. The molecule has 0 N–H and O–H groups in total. The second-order valence-electron chi connectivity index (χ2n) is 10.1. The Balaban J connectivity index is 1.43. The van der Waals surface area contributed by atoms with Gasteiger partial charge in [-0.25, -0.2) is 8.42 Å². The average Bonchev–Trinajstić information content (AvgIpc) is 3.41. The Hall–Kier alpha value is -3.91. The molecule has 0 bridgehead atoms. The van der Waals surface area contributed by atoms with Gasteiger partial charge in [0.15, 0.2) is 15.3 Å². The van der Waals surface area contributed by atoms with Crippen molar-refractivity contribution < 1.29 is 22.4 Å². The first-order valence-corrected chi connectivity index (χ1v) is 14.4. The van der Waals surface area contributed by atoms with Gasteiger partial charge in [0.2, 0.25) is 5.76 Å². The molecule has 194 valence electrons. The molecule has 6 rings (SSSR count). The van der Waals surface area contributed by atoms with Crippen molar-refractivity contribution in [2.24, 2.45) is 0 Å². The van der Waals surface area contributed by atoms with Gasteiger partial charge >= 0.3 is 0 Å². The van der Waals surface area contributed by atoms with Crippen LogP contribution in [0.2, 0.25) is 0 Å². The predicted octanol–water partition coefficient (Wildman–Crippen LogP) is 4.72. The standard InChI is InChI=1S/C30H27NO6S/c1-18-14-24-25(15-19(18)2)37-29-26(28(24)32)27(31(30(29)33)22-12-13-38(34,35)17-22)21-8-10-23(11-9-21)36-16-20-6-4-3-5-7-20/h3-11,14-15,22,27H,12-13,16-17H2,1-2H3. The molecule has 0 spiro atoms. The molecule has 7 nitrogen and oxygen atoms in total. The number of amides is 1. The van der Waals surface area contributed by atoms with Crippen LogP contribution in [0.5, 0.6) is 5.75 Å². The highest BCUT2D eigenvalue weighted by molar-refractivity contribution is 7.91. The smallest absolute Gasteiger partial charge is 0.291 e. The molecule has 4 aromatic rings. The number of sulfone groups is 1. The number of hydrogen-bond donors (Lipinski definition) is 0. The molecule has 1 aromatic heterocycles. The predicted molar refractivity (Wildman–Crippen MR) is 144 cm³/mol. The van der Waals surface area contributed by atoms with Gasteiger partial charge in [-0.05, 0) is 66.8 Å². The van der Waals surface area contributed by atoms with Gasteiger partial charge in [0.1, 0.15) is 17.9 Å². The first kappa shape index (κ1) is 24.4. The molecule has 2 atom stereocenters. The third-order valence-electron chi connectivity index (χ3n) is 7.57. The summed E-state index contributed by atoms with van der Waals surface area (Å²) in [4.78, 5) is 29.1. The van der Waals surface area contributed by atoms with Crippen LogP contribution < -0.4 is 10.2 Å². The summed E-state index contributed by atoms with van der Waals surface area (Å²) in [5, 5.41) is 0.411. The highest BCUT2D eigenvalue weighted by Crippen LogP contribution is 2.42. The minimum Gasteiger partial charge on any atom is -0.489 e. The summed E-state index contributed by atoms with van der Waals surface area (Å²) in [5.74, 6) is 0.0679. The van der Waals surface area contributed by atoms with Crippen molar-refractivity contribution in [3.05, 3.63) is 111 Å². The van der Waals surface area contributed by atoms with Gasteiger partial charge in [0.25, 0.3) is 5.91 Å². The molecular weight excluding hydrogens is 502 g/mol. The largest absolute Gasteiger partial charge is 0.489 e. The highest BCUT2D eigenvalue weighted by atomic mass is 32.2. The number of carbonyl (C=O) groups is 1. The van der Waals surface area contributed by atoms with E-state index in [1.54, 1.807) is 29.2 Å². The number of carbonyl (C=O) groups excluding carboxylic acids is 1. The van der Waals surface area contributed by atoms with E-state index < -0.39 is 27.8 Å². The van der Waals surface area contributed by atoms with Crippen molar-refractivity contribution in [1.29, 1.82) is 0 Å². The normalized spacial score (nSPS) is 20.2. The summed E-state index contributed by atoms with van der Waals surface area (Å²) in [6, 6.07) is 19.4. The summed E-state index contributed by atoms with van der Waals surface area (Å²) in [6.45, 7) is 4.25. The molecule has 0 radical (unpaired) electrons. The van der Waals surface area contributed by atoms with Crippen LogP contribution >= 0.6 is 0 Å². The van der Waals surface area contributed by atoms with Gasteiger partial charge in [-0.15, -0.1) is 0 Å². The van der Waals surface area contributed by atoms with E-state index in [1.807, 2.05) is 56.3 Å². The SMILES string of the molecule is Cc1cc2oc3c(c(=O)c2cc1C)C(c1ccc(OCc2ccccc2)cc1)N(C1CCS(=O)(=O)C1)C3=O. The van der Waals surface area contributed by atoms with E-state index in [4.69, 9.17) is 9.15 Å². The molecular formula is C30H27NO6S. The van der Waals surface area contributed by atoms with E-state index in [-0.39, 0.29) is 28.3 Å². The molecule has 1 amide bonds. The minimum atomic E-state index is -3.27. The zero-order chi connectivity index (χ0) is 26.6. The fourth-order valence-corrected chi connectivity index (χ4v) is 7.14. The minimum absolute atomic E-state index is 0.00976. The van der Waals surface area contributed by atoms with E-state index in [9.17, 15) is 18.0 Å². The van der Waals surface area contributed by atoms with Crippen molar-refractivity contribution in [1.82, 2.24) is 4.90 Å². The summed E-state index contributed by atoms with van der Waals surface area (Å²) < 4.78 is 36.7. The lowest BCUT2D eigenvalue weighted by Gasteiger charge is -2.30. The van der Waals surface area contributed by atoms with Crippen LogP contribution in [-0.2, 0) is 16.4 Å². The van der Waals surface area contributed by atoms with Crippen molar-refractivity contribution >= 4 is 26.7 Å². The van der Waals surface area contributed by atoms with Crippen LogP contribution in [0.15, 0.2) is 75.9 Å². The lowest BCUT2D eigenvalue weighted by atomic mass is 9.96. The van der Waals surface area contributed by atoms with E-state index >= 15 is 0 Å². The van der Waals surface area contributed by atoms with Gasteiger partial charge < -0.3 is 14.1 Å². The summed E-state index contributed by atoms with van der Waals surface area (Å²) in [7, 11) is -3.27. The van der Waals surface area contributed by atoms with E-state index in [2.05, 4.69) is 0 Å². The number of rotatable bonds is 5. The molecule has 1 saturated heterocycles. The summed E-state index contributed by atoms with van der Waals surface area (Å²) in [5.41, 5.74) is 3.98. The van der Waals surface area contributed by atoms with Crippen LogP contribution in [-0.4, -0.2) is 36.8 Å². The fraction of sp³-hybridized carbons (Fsp3) is 0.267. The lowest BCUT2D eigenvalue weighted by molar-refractivity contribution is 0.0662.